The first kappa shape index (κ1) is 25.1. The topological polar surface area (TPSA) is 61.7 Å². The van der Waals surface area contributed by atoms with Crippen LogP contribution in [0.5, 0.6) is 0 Å². The van der Waals surface area contributed by atoms with E-state index in [0.29, 0.717) is 6.54 Å². The Labute approximate surface area is 227 Å². The van der Waals surface area contributed by atoms with E-state index in [0.717, 1.165) is 89.4 Å². The van der Waals surface area contributed by atoms with Crippen molar-refractivity contribution in [2.75, 3.05) is 38.1 Å². The molecule has 198 valence electrons. The van der Waals surface area contributed by atoms with E-state index in [-0.39, 0.29) is 17.7 Å². The number of carbonyl (C=O) groups is 2. The number of thiophene rings is 1. The molecule has 38 heavy (non-hydrogen) atoms. The summed E-state index contributed by atoms with van der Waals surface area (Å²) in [5, 5.41) is 1.01. The zero-order valence-corrected chi connectivity index (χ0v) is 23.0. The summed E-state index contributed by atoms with van der Waals surface area (Å²) in [6.45, 7) is 3.75. The number of aromatic nitrogens is 2. The fourth-order valence-corrected chi connectivity index (χ4v) is 6.83. The van der Waals surface area contributed by atoms with Gasteiger partial charge in [0.2, 0.25) is 5.91 Å². The summed E-state index contributed by atoms with van der Waals surface area (Å²) in [4.78, 5) is 38.9. The van der Waals surface area contributed by atoms with Crippen LogP contribution in [0.4, 0.5) is 5.69 Å². The van der Waals surface area contributed by atoms with Crippen LogP contribution in [0.25, 0.3) is 21.1 Å². The first-order valence-electron chi connectivity index (χ1n) is 13.7. The van der Waals surface area contributed by atoms with E-state index < -0.39 is 0 Å². The number of hydrogen-bond donors (Lipinski definition) is 0. The summed E-state index contributed by atoms with van der Waals surface area (Å²) in [7, 11) is 4.11. The number of nitrogens with zero attached hydrogens (tertiary/aromatic N) is 5. The molecule has 2 aromatic carbocycles. The standard InChI is InChI=1S/C30H35N5O2S/c1-32-14-16-34(17-15-32)30(37)27-19-22-18-23(12-13-26(22)38-27)35(29(36)21-8-4-3-5-9-21)20-28-31-24-10-6-7-11-25(24)33(28)2/h6-7,10-13,18-19,21H,3-5,8-9,14-17,20H2,1-2H3. The van der Waals surface area contributed by atoms with Crippen molar-refractivity contribution in [3.63, 3.8) is 0 Å². The van der Waals surface area contributed by atoms with Gasteiger partial charge in [-0.3, -0.25) is 9.59 Å². The number of piperazine rings is 1. The van der Waals surface area contributed by atoms with Crippen molar-refractivity contribution in [2.24, 2.45) is 13.0 Å². The van der Waals surface area contributed by atoms with Crippen LogP contribution in [0.2, 0.25) is 0 Å². The minimum atomic E-state index is 0.0472. The monoisotopic (exact) mass is 529 g/mol. The summed E-state index contributed by atoms with van der Waals surface area (Å²) < 4.78 is 3.16. The van der Waals surface area contributed by atoms with Gasteiger partial charge in [-0.1, -0.05) is 31.4 Å². The largest absolute Gasteiger partial charge is 0.335 e. The Morgan fingerprint density at radius 1 is 0.974 bits per heavy atom. The average molecular weight is 530 g/mol. The second-order valence-corrected chi connectivity index (χ2v) is 11.8. The van der Waals surface area contributed by atoms with Gasteiger partial charge in [0.25, 0.3) is 5.91 Å². The van der Waals surface area contributed by atoms with Gasteiger partial charge in [0.15, 0.2) is 0 Å². The van der Waals surface area contributed by atoms with Crippen LogP contribution in [0, 0.1) is 5.92 Å². The van der Waals surface area contributed by atoms with Crippen LogP contribution in [0.1, 0.15) is 47.6 Å². The van der Waals surface area contributed by atoms with E-state index >= 15 is 0 Å². The van der Waals surface area contributed by atoms with Gasteiger partial charge < -0.3 is 19.3 Å². The van der Waals surface area contributed by atoms with Crippen LogP contribution >= 0.6 is 11.3 Å². The van der Waals surface area contributed by atoms with E-state index in [2.05, 4.69) is 34.7 Å². The molecule has 2 fully saturated rings. The Morgan fingerprint density at radius 3 is 2.50 bits per heavy atom. The summed E-state index contributed by atoms with van der Waals surface area (Å²) in [6.07, 6.45) is 5.32. The fraction of sp³-hybridized carbons (Fsp3) is 0.433. The minimum absolute atomic E-state index is 0.0472. The van der Waals surface area contributed by atoms with Gasteiger partial charge in [-0.25, -0.2) is 4.98 Å². The van der Waals surface area contributed by atoms with Gasteiger partial charge in [0, 0.05) is 49.5 Å². The molecule has 0 bridgehead atoms. The summed E-state index contributed by atoms with van der Waals surface area (Å²) in [6, 6.07) is 16.3. The molecule has 1 aliphatic carbocycles. The molecule has 4 aromatic rings. The number of aryl methyl sites for hydroxylation is 1. The van der Waals surface area contributed by atoms with Crippen LogP contribution in [0.15, 0.2) is 48.5 Å². The molecule has 2 aliphatic rings. The lowest BCUT2D eigenvalue weighted by atomic mass is 9.88. The molecular weight excluding hydrogens is 494 g/mol. The zero-order chi connectivity index (χ0) is 26.2. The van der Waals surface area contributed by atoms with E-state index in [1.54, 1.807) is 11.3 Å². The number of anilines is 1. The number of benzene rings is 2. The maximum absolute atomic E-state index is 13.9. The maximum atomic E-state index is 13.9. The zero-order valence-electron chi connectivity index (χ0n) is 22.2. The first-order valence-corrected chi connectivity index (χ1v) is 14.5. The molecule has 1 saturated heterocycles. The van der Waals surface area contributed by atoms with E-state index in [9.17, 15) is 9.59 Å². The highest BCUT2D eigenvalue weighted by atomic mass is 32.1. The molecule has 2 aromatic heterocycles. The number of likely N-dealkylation sites (N-methyl/N-ethyl adjacent to an activating group) is 1. The highest BCUT2D eigenvalue weighted by molar-refractivity contribution is 7.20. The van der Waals surface area contributed by atoms with Crippen molar-refractivity contribution in [3.05, 3.63) is 59.2 Å². The first-order chi connectivity index (χ1) is 18.5. The number of fused-ring (bicyclic) bond motifs is 2. The molecule has 7 nitrogen and oxygen atoms in total. The summed E-state index contributed by atoms with van der Waals surface area (Å²) in [5.41, 5.74) is 2.87. The van der Waals surface area contributed by atoms with Crippen LogP contribution < -0.4 is 4.90 Å². The number of hydrogen-bond acceptors (Lipinski definition) is 5. The molecule has 0 spiro atoms. The molecule has 1 aliphatic heterocycles. The van der Waals surface area contributed by atoms with Crippen molar-refractivity contribution >= 4 is 50.0 Å². The molecule has 6 rings (SSSR count). The van der Waals surface area contributed by atoms with E-state index in [1.807, 2.05) is 47.2 Å². The SMILES string of the molecule is CN1CCN(C(=O)c2cc3cc(N(Cc4nc5ccccc5n4C)C(=O)C4CCCCC4)ccc3s2)CC1. The van der Waals surface area contributed by atoms with Gasteiger partial charge in [-0.05, 0) is 61.7 Å². The molecule has 0 radical (unpaired) electrons. The third-order valence-corrected chi connectivity index (χ3v) is 9.32. The second-order valence-electron chi connectivity index (χ2n) is 10.8. The van der Waals surface area contributed by atoms with Crippen LogP contribution in [-0.2, 0) is 18.4 Å². The number of para-hydroxylation sites is 2. The predicted molar refractivity (Wildman–Crippen MR) is 154 cm³/mol. The lowest BCUT2D eigenvalue weighted by Crippen LogP contribution is -2.46. The molecule has 0 N–H and O–H groups in total. The third kappa shape index (κ3) is 4.83. The average Bonchev–Trinajstić information content (AvgIpc) is 3.52. The smallest absolute Gasteiger partial charge is 0.264 e. The molecule has 2 amide bonds. The molecule has 1 saturated carbocycles. The number of imidazole rings is 1. The fourth-order valence-electron chi connectivity index (χ4n) is 5.81. The highest BCUT2D eigenvalue weighted by Crippen LogP contribution is 2.34. The Morgan fingerprint density at radius 2 is 1.74 bits per heavy atom. The molecule has 0 unspecified atom stereocenters. The highest BCUT2D eigenvalue weighted by Gasteiger charge is 2.29. The molecule has 3 heterocycles. The van der Waals surface area contributed by atoms with E-state index in [1.165, 1.54) is 6.42 Å². The van der Waals surface area contributed by atoms with Crippen molar-refractivity contribution in [1.82, 2.24) is 19.4 Å². The molecule has 8 heteroatoms. The van der Waals surface area contributed by atoms with Crippen LogP contribution in [-0.4, -0.2) is 64.4 Å². The molecule has 0 atom stereocenters. The summed E-state index contributed by atoms with van der Waals surface area (Å²) in [5.74, 6) is 1.20. The van der Waals surface area contributed by atoms with Crippen molar-refractivity contribution in [3.8, 4) is 0 Å². The van der Waals surface area contributed by atoms with Crippen molar-refractivity contribution in [2.45, 2.75) is 38.6 Å². The number of carbonyl (C=O) groups excluding carboxylic acids is 2. The Hall–Kier alpha value is -3.23. The normalized spacial score (nSPS) is 17.4. The van der Waals surface area contributed by atoms with Gasteiger partial charge >= 0.3 is 0 Å². The van der Waals surface area contributed by atoms with Gasteiger partial charge in [0.1, 0.15) is 5.82 Å². The van der Waals surface area contributed by atoms with Gasteiger partial charge in [-0.2, -0.15) is 0 Å². The number of rotatable bonds is 5. The quantitative estimate of drug-likeness (QED) is 0.353. The second kappa shape index (κ2) is 10.5. The Balaban J connectivity index is 1.33. The van der Waals surface area contributed by atoms with Gasteiger partial charge in [0.05, 0.1) is 22.5 Å². The third-order valence-electron chi connectivity index (χ3n) is 8.21. The van der Waals surface area contributed by atoms with Crippen molar-refractivity contribution < 1.29 is 9.59 Å². The lowest BCUT2D eigenvalue weighted by molar-refractivity contribution is -0.123. The minimum Gasteiger partial charge on any atom is -0.335 e. The molecular formula is C30H35N5O2S. The number of amides is 2. The predicted octanol–water partition coefficient (Wildman–Crippen LogP) is 5.29. The summed E-state index contributed by atoms with van der Waals surface area (Å²) >= 11 is 1.54. The Kier molecular flexibility index (Phi) is 6.93. The van der Waals surface area contributed by atoms with E-state index in [4.69, 9.17) is 4.98 Å². The Bertz CT molecular complexity index is 1480. The lowest BCUT2D eigenvalue weighted by Gasteiger charge is -2.32. The van der Waals surface area contributed by atoms with Gasteiger partial charge in [-0.15, -0.1) is 11.3 Å². The maximum Gasteiger partial charge on any atom is 0.264 e. The van der Waals surface area contributed by atoms with Crippen LogP contribution in [0.3, 0.4) is 0 Å². The van der Waals surface area contributed by atoms with Crippen molar-refractivity contribution in [1.29, 1.82) is 0 Å².